The van der Waals surface area contributed by atoms with E-state index in [9.17, 15) is 17.6 Å². The summed E-state index contributed by atoms with van der Waals surface area (Å²) >= 11 is 5.20. The molecule has 0 amide bonds. The standard InChI is InChI=1S/C18H14F4N4S/c1-10-3-2-4-11(5-10)24-18(27)25-12-7-23-26(8-12)9-13-14(19)6-15(20)17(22)16(13)21/h2-8H,9H2,1H3,(H2,24,25,27). The number of aryl methyl sites for hydroxylation is 1. The highest BCUT2D eigenvalue weighted by molar-refractivity contribution is 7.80. The molecule has 4 nitrogen and oxygen atoms in total. The van der Waals surface area contributed by atoms with E-state index in [1.54, 1.807) is 0 Å². The van der Waals surface area contributed by atoms with Crippen LogP contribution in [0.5, 0.6) is 0 Å². The molecule has 0 saturated heterocycles. The van der Waals surface area contributed by atoms with Crippen molar-refractivity contribution in [2.45, 2.75) is 13.5 Å². The summed E-state index contributed by atoms with van der Waals surface area (Å²) in [6, 6.07) is 7.88. The Labute approximate surface area is 157 Å². The zero-order valence-corrected chi connectivity index (χ0v) is 14.9. The van der Waals surface area contributed by atoms with Crippen LogP contribution in [0.25, 0.3) is 0 Å². The lowest BCUT2D eigenvalue weighted by atomic mass is 10.2. The molecule has 0 atom stereocenters. The summed E-state index contributed by atoms with van der Waals surface area (Å²) in [5, 5.41) is 10.1. The second kappa shape index (κ2) is 7.75. The van der Waals surface area contributed by atoms with E-state index < -0.39 is 35.4 Å². The summed E-state index contributed by atoms with van der Waals surface area (Å²) in [5.41, 5.74) is 1.70. The zero-order valence-electron chi connectivity index (χ0n) is 14.1. The number of nitrogens with zero attached hydrogens (tertiary/aromatic N) is 2. The quantitative estimate of drug-likeness (QED) is 0.294. The molecule has 0 aliphatic heterocycles. The van der Waals surface area contributed by atoms with Gasteiger partial charge < -0.3 is 10.6 Å². The van der Waals surface area contributed by atoms with Crippen molar-refractivity contribution in [1.29, 1.82) is 0 Å². The van der Waals surface area contributed by atoms with Crippen molar-refractivity contribution in [3.8, 4) is 0 Å². The fourth-order valence-electron chi connectivity index (χ4n) is 2.44. The lowest BCUT2D eigenvalue weighted by Crippen LogP contribution is -2.18. The minimum Gasteiger partial charge on any atom is -0.332 e. The molecule has 1 aromatic heterocycles. The molecule has 27 heavy (non-hydrogen) atoms. The Morgan fingerprint density at radius 3 is 2.52 bits per heavy atom. The van der Waals surface area contributed by atoms with Gasteiger partial charge in [-0.15, -0.1) is 0 Å². The summed E-state index contributed by atoms with van der Waals surface area (Å²) in [4.78, 5) is 0. The number of thiocarbonyl (C=S) groups is 1. The van der Waals surface area contributed by atoms with E-state index in [-0.39, 0.29) is 0 Å². The Morgan fingerprint density at radius 1 is 1.04 bits per heavy atom. The predicted octanol–water partition coefficient (Wildman–Crippen LogP) is 4.61. The molecule has 0 spiro atoms. The van der Waals surface area contributed by atoms with Gasteiger partial charge in [0.05, 0.1) is 18.4 Å². The molecule has 0 aliphatic rings. The van der Waals surface area contributed by atoms with Crippen LogP contribution in [-0.2, 0) is 6.54 Å². The molecule has 3 aromatic rings. The number of benzene rings is 2. The molecule has 0 fully saturated rings. The van der Waals surface area contributed by atoms with Gasteiger partial charge in [-0.05, 0) is 36.8 Å². The first kappa shape index (κ1) is 18.8. The van der Waals surface area contributed by atoms with Crippen molar-refractivity contribution in [3.63, 3.8) is 0 Å². The molecule has 2 N–H and O–H groups in total. The smallest absolute Gasteiger partial charge is 0.194 e. The topological polar surface area (TPSA) is 41.9 Å². The Hall–Kier alpha value is -2.94. The zero-order chi connectivity index (χ0) is 19.6. The van der Waals surface area contributed by atoms with E-state index in [0.717, 1.165) is 11.3 Å². The Kier molecular flexibility index (Phi) is 5.41. The molecular formula is C18H14F4N4S. The fourth-order valence-corrected chi connectivity index (χ4v) is 2.68. The van der Waals surface area contributed by atoms with Gasteiger partial charge in [0.15, 0.2) is 22.6 Å². The Morgan fingerprint density at radius 2 is 1.78 bits per heavy atom. The molecule has 1 heterocycles. The first-order chi connectivity index (χ1) is 12.8. The highest BCUT2D eigenvalue weighted by Gasteiger charge is 2.19. The minimum absolute atomic E-state index is 0.297. The van der Waals surface area contributed by atoms with E-state index in [1.165, 1.54) is 17.1 Å². The molecule has 3 rings (SSSR count). The van der Waals surface area contributed by atoms with Crippen molar-refractivity contribution >= 4 is 28.7 Å². The highest BCUT2D eigenvalue weighted by Crippen LogP contribution is 2.20. The summed E-state index contributed by atoms with van der Waals surface area (Å²) in [6.07, 6.45) is 2.82. The molecule has 0 bridgehead atoms. The van der Waals surface area contributed by atoms with Crippen LogP contribution < -0.4 is 10.6 Å². The maximum absolute atomic E-state index is 13.8. The largest absolute Gasteiger partial charge is 0.332 e. The molecular weight excluding hydrogens is 380 g/mol. The predicted molar refractivity (Wildman–Crippen MR) is 98.6 cm³/mol. The van der Waals surface area contributed by atoms with Crippen LogP contribution in [0.4, 0.5) is 28.9 Å². The maximum Gasteiger partial charge on any atom is 0.194 e. The average Bonchev–Trinajstić information content (AvgIpc) is 3.03. The van der Waals surface area contributed by atoms with E-state index in [1.807, 2.05) is 31.2 Å². The molecule has 2 aromatic carbocycles. The number of nitrogens with one attached hydrogen (secondary N) is 2. The average molecular weight is 394 g/mol. The van der Waals surface area contributed by atoms with Crippen molar-refractivity contribution in [3.05, 3.63) is 77.1 Å². The number of hydrogen-bond acceptors (Lipinski definition) is 2. The minimum atomic E-state index is -1.72. The summed E-state index contributed by atoms with van der Waals surface area (Å²) in [6.45, 7) is 1.54. The van der Waals surface area contributed by atoms with Crippen molar-refractivity contribution in [2.75, 3.05) is 10.6 Å². The van der Waals surface area contributed by atoms with Crippen LogP contribution in [0.1, 0.15) is 11.1 Å². The first-order valence-electron chi connectivity index (χ1n) is 7.82. The van der Waals surface area contributed by atoms with E-state index in [4.69, 9.17) is 12.2 Å². The van der Waals surface area contributed by atoms with Crippen LogP contribution >= 0.6 is 12.2 Å². The Balaban J connectivity index is 1.69. The second-order valence-corrected chi connectivity index (χ2v) is 6.23. The number of hydrogen-bond donors (Lipinski definition) is 2. The van der Waals surface area contributed by atoms with Gasteiger partial charge in [-0.1, -0.05) is 12.1 Å². The summed E-state index contributed by atoms with van der Waals surface area (Å²) in [7, 11) is 0. The third-order valence-electron chi connectivity index (χ3n) is 3.70. The molecule has 140 valence electrons. The van der Waals surface area contributed by atoms with Crippen LogP contribution in [-0.4, -0.2) is 14.9 Å². The van der Waals surface area contributed by atoms with Gasteiger partial charge in [-0.2, -0.15) is 5.10 Å². The summed E-state index contributed by atoms with van der Waals surface area (Å²) < 4.78 is 55.0. The van der Waals surface area contributed by atoms with Gasteiger partial charge in [0, 0.05) is 23.5 Å². The van der Waals surface area contributed by atoms with E-state index in [0.29, 0.717) is 16.9 Å². The molecule has 0 radical (unpaired) electrons. The van der Waals surface area contributed by atoms with E-state index in [2.05, 4.69) is 15.7 Å². The summed E-state index contributed by atoms with van der Waals surface area (Å²) in [5.74, 6) is -6.06. The second-order valence-electron chi connectivity index (χ2n) is 5.82. The SMILES string of the molecule is Cc1cccc(NC(=S)Nc2cnn(Cc3c(F)cc(F)c(F)c3F)c2)c1. The first-order valence-corrected chi connectivity index (χ1v) is 8.23. The van der Waals surface area contributed by atoms with Crippen molar-refractivity contribution in [2.24, 2.45) is 0 Å². The molecule has 0 aliphatic carbocycles. The Bertz CT molecular complexity index is 1000. The number of rotatable bonds is 4. The van der Waals surface area contributed by atoms with Crippen LogP contribution in [0.3, 0.4) is 0 Å². The third kappa shape index (κ3) is 4.43. The lowest BCUT2D eigenvalue weighted by Gasteiger charge is -2.09. The van der Waals surface area contributed by atoms with Crippen LogP contribution in [0, 0.1) is 30.2 Å². The lowest BCUT2D eigenvalue weighted by molar-refractivity contribution is 0.420. The van der Waals surface area contributed by atoms with Gasteiger partial charge in [-0.25, -0.2) is 17.6 Å². The molecule has 9 heteroatoms. The number of anilines is 2. The van der Waals surface area contributed by atoms with E-state index >= 15 is 0 Å². The number of aromatic nitrogens is 2. The third-order valence-corrected chi connectivity index (χ3v) is 3.90. The van der Waals surface area contributed by atoms with Gasteiger partial charge in [0.25, 0.3) is 0 Å². The van der Waals surface area contributed by atoms with Gasteiger partial charge in [0.2, 0.25) is 0 Å². The maximum atomic E-state index is 13.8. The van der Waals surface area contributed by atoms with Crippen molar-refractivity contribution in [1.82, 2.24) is 9.78 Å². The highest BCUT2D eigenvalue weighted by atomic mass is 32.1. The van der Waals surface area contributed by atoms with Gasteiger partial charge >= 0.3 is 0 Å². The van der Waals surface area contributed by atoms with Crippen molar-refractivity contribution < 1.29 is 17.6 Å². The van der Waals surface area contributed by atoms with Crippen LogP contribution in [0.15, 0.2) is 42.7 Å². The van der Waals surface area contributed by atoms with Gasteiger partial charge in [0.1, 0.15) is 5.82 Å². The molecule has 0 saturated carbocycles. The van der Waals surface area contributed by atoms with Crippen LogP contribution in [0.2, 0.25) is 0 Å². The van der Waals surface area contributed by atoms with Gasteiger partial charge in [-0.3, -0.25) is 4.68 Å². The fraction of sp³-hybridized carbons (Fsp3) is 0.111. The molecule has 0 unspecified atom stereocenters. The monoisotopic (exact) mass is 394 g/mol. The number of halogens is 4. The normalized spacial score (nSPS) is 10.7.